The summed E-state index contributed by atoms with van der Waals surface area (Å²) in [7, 11) is 0. The number of carboxylic acid groups (broad SMARTS) is 1. The lowest BCUT2D eigenvalue weighted by Crippen LogP contribution is -2.45. The predicted molar refractivity (Wildman–Crippen MR) is 71.0 cm³/mol. The molecule has 0 unspecified atom stereocenters. The molecule has 0 saturated carbocycles. The van der Waals surface area contributed by atoms with Crippen LogP contribution in [0.15, 0.2) is 11.6 Å². The molecule has 6 nitrogen and oxygen atoms in total. The Labute approximate surface area is 113 Å². The Morgan fingerprint density at radius 3 is 2.58 bits per heavy atom. The van der Waals surface area contributed by atoms with Crippen molar-refractivity contribution in [1.82, 2.24) is 10.2 Å². The molecule has 2 N–H and O–H groups in total. The molecule has 0 radical (unpaired) electrons. The van der Waals surface area contributed by atoms with E-state index in [4.69, 9.17) is 9.84 Å². The van der Waals surface area contributed by atoms with Crippen molar-refractivity contribution in [3.05, 3.63) is 11.6 Å². The lowest BCUT2D eigenvalue weighted by molar-refractivity contribution is -0.132. The Hall–Kier alpha value is -1.56. The van der Waals surface area contributed by atoms with Crippen LogP contribution in [-0.2, 0) is 9.53 Å². The van der Waals surface area contributed by atoms with E-state index < -0.39 is 5.97 Å². The van der Waals surface area contributed by atoms with Gasteiger partial charge in [-0.05, 0) is 26.7 Å². The van der Waals surface area contributed by atoms with E-state index in [0.29, 0.717) is 37.9 Å². The zero-order valence-electron chi connectivity index (χ0n) is 11.5. The van der Waals surface area contributed by atoms with E-state index >= 15 is 0 Å². The van der Waals surface area contributed by atoms with Crippen LogP contribution in [-0.4, -0.2) is 54.4 Å². The third-order valence-corrected chi connectivity index (χ3v) is 3.17. The molecule has 1 rings (SSSR count). The number of amides is 1. The third-order valence-electron chi connectivity index (χ3n) is 3.17. The predicted octanol–water partition coefficient (Wildman–Crippen LogP) is 1.23. The van der Waals surface area contributed by atoms with Gasteiger partial charge >= 0.3 is 12.1 Å². The van der Waals surface area contributed by atoms with Crippen molar-refractivity contribution < 1.29 is 19.4 Å². The van der Waals surface area contributed by atoms with Gasteiger partial charge in [0.1, 0.15) is 0 Å². The highest BCUT2D eigenvalue weighted by atomic mass is 16.6. The highest BCUT2D eigenvalue weighted by Gasteiger charge is 2.22. The number of ether oxygens (including phenoxy) is 1. The van der Waals surface area contributed by atoms with Crippen LogP contribution >= 0.6 is 0 Å². The highest BCUT2D eigenvalue weighted by molar-refractivity contribution is 5.85. The molecule has 0 aliphatic carbocycles. The number of carboxylic acids is 1. The van der Waals surface area contributed by atoms with Gasteiger partial charge in [-0.15, -0.1) is 0 Å². The van der Waals surface area contributed by atoms with Crippen molar-refractivity contribution in [1.29, 1.82) is 0 Å². The molecule has 6 heteroatoms. The standard InChI is InChI=1S/C13H22N2O4/c1-3-19-13(18)15-8-5-11(6-9-15)14-7-4-10(2)12(16)17/h4,11,14H,3,5-9H2,1-2H3,(H,16,17)/b10-4-. The van der Waals surface area contributed by atoms with Crippen LogP contribution in [0, 0.1) is 0 Å². The van der Waals surface area contributed by atoms with Gasteiger partial charge in [0.15, 0.2) is 0 Å². The van der Waals surface area contributed by atoms with Gasteiger partial charge in [0.25, 0.3) is 0 Å². The number of nitrogens with zero attached hydrogens (tertiary/aromatic N) is 1. The molecule has 19 heavy (non-hydrogen) atoms. The van der Waals surface area contributed by atoms with Crippen LogP contribution in [0.25, 0.3) is 0 Å². The second kappa shape index (κ2) is 7.78. The van der Waals surface area contributed by atoms with Crippen molar-refractivity contribution >= 4 is 12.1 Å². The molecule has 0 bridgehead atoms. The molecule has 1 amide bonds. The maximum atomic E-state index is 11.5. The van der Waals surface area contributed by atoms with Crippen LogP contribution in [0.4, 0.5) is 4.79 Å². The van der Waals surface area contributed by atoms with Crippen LogP contribution in [0.3, 0.4) is 0 Å². The van der Waals surface area contributed by atoms with Gasteiger partial charge in [0, 0.05) is 31.2 Å². The zero-order chi connectivity index (χ0) is 14.3. The second-order valence-electron chi connectivity index (χ2n) is 4.56. The molecule has 1 fully saturated rings. The molecule has 1 aliphatic heterocycles. The van der Waals surface area contributed by atoms with Crippen LogP contribution in [0.1, 0.15) is 26.7 Å². The second-order valence-corrected chi connectivity index (χ2v) is 4.56. The fourth-order valence-corrected chi connectivity index (χ4v) is 1.95. The Bertz CT molecular complexity index is 347. The van der Waals surface area contributed by atoms with E-state index in [-0.39, 0.29) is 6.09 Å². The molecule has 1 heterocycles. The van der Waals surface area contributed by atoms with Crippen LogP contribution in [0.2, 0.25) is 0 Å². The van der Waals surface area contributed by atoms with Crippen molar-refractivity contribution in [2.45, 2.75) is 32.7 Å². The first kappa shape index (κ1) is 15.5. The summed E-state index contributed by atoms with van der Waals surface area (Å²) in [5.74, 6) is -0.890. The lowest BCUT2D eigenvalue weighted by Gasteiger charge is -2.31. The zero-order valence-corrected chi connectivity index (χ0v) is 11.5. The number of rotatable bonds is 5. The monoisotopic (exact) mass is 270 g/mol. The minimum absolute atomic E-state index is 0.248. The van der Waals surface area contributed by atoms with Gasteiger partial charge in [-0.2, -0.15) is 0 Å². The molecule has 0 spiro atoms. The van der Waals surface area contributed by atoms with Crippen LogP contribution < -0.4 is 5.32 Å². The maximum absolute atomic E-state index is 11.5. The summed E-state index contributed by atoms with van der Waals surface area (Å²) in [4.78, 5) is 23.8. The Morgan fingerprint density at radius 1 is 1.42 bits per heavy atom. The number of carbonyl (C=O) groups excluding carboxylic acids is 1. The number of piperidine rings is 1. The van der Waals surface area contributed by atoms with Crippen molar-refractivity contribution in [3.63, 3.8) is 0 Å². The first-order valence-corrected chi connectivity index (χ1v) is 6.59. The third kappa shape index (κ3) is 5.30. The summed E-state index contributed by atoms with van der Waals surface area (Å²) in [6, 6.07) is 0.323. The number of hydrogen-bond donors (Lipinski definition) is 2. The van der Waals surface area contributed by atoms with Gasteiger partial charge in [-0.25, -0.2) is 9.59 Å². The quantitative estimate of drug-likeness (QED) is 0.735. The molecule has 1 aliphatic rings. The van der Waals surface area contributed by atoms with E-state index in [2.05, 4.69) is 5.32 Å². The van der Waals surface area contributed by atoms with Crippen molar-refractivity contribution in [2.24, 2.45) is 0 Å². The van der Waals surface area contributed by atoms with E-state index in [9.17, 15) is 9.59 Å². The van der Waals surface area contributed by atoms with Crippen LogP contribution in [0.5, 0.6) is 0 Å². The molecule has 108 valence electrons. The normalized spacial score (nSPS) is 17.4. The SMILES string of the molecule is CCOC(=O)N1CCC(NC/C=C(/C)C(=O)O)CC1. The lowest BCUT2D eigenvalue weighted by atomic mass is 10.1. The fourth-order valence-electron chi connectivity index (χ4n) is 1.95. The largest absolute Gasteiger partial charge is 0.478 e. The minimum atomic E-state index is -0.890. The number of carbonyl (C=O) groups is 2. The minimum Gasteiger partial charge on any atom is -0.478 e. The summed E-state index contributed by atoms with van der Waals surface area (Å²) in [6.07, 6.45) is 3.14. The summed E-state index contributed by atoms with van der Waals surface area (Å²) in [5, 5.41) is 12.0. The average molecular weight is 270 g/mol. The molecule has 0 atom stereocenters. The molecular formula is C13H22N2O4. The van der Waals surface area contributed by atoms with Gasteiger partial charge < -0.3 is 20.1 Å². The van der Waals surface area contributed by atoms with E-state index in [1.165, 1.54) is 0 Å². The topological polar surface area (TPSA) is 78.9 Å². The molecule has 0 aromatic rings. The summed E-state index contributed by atoms with van der Waals surface area (Å²) < 4.78 is 4.95. The smallest absolute Gasteiger partial charge is 0.409 e. The number of aliphatic carboxylic acids is 1. The van der Waals surface area contributed by atoms with Crippen molar-refractivity contribution in [2.75, 3.05) is 26.2 Å². The summed E-state index contributed by atoms with van der Waals surface area (Å²) >= 11 is 0. The first-order chi connectivity index (χ1) is 9.04. The average Bonchev–Trinajstić information content (AvgIpc) is 2.39. The van der Waals surface area contributed by atoms with E-state index in [1.54, 1.807) is 24.8 Å². The van der Waals surface area contributed by atoms with Gasteiger partial charge in [-0.3, -0.25) is 0 Å². The maximum Gasteiger partial charge on any atom is 0.409 e. The Kier molecular flexibility index (Phi) is 6.35. The summed E-state index contributed by atoms with van der Waals surface area (Å²) in [5.41, 5.74) is 0.344. The van der Waals surface area contributed by atoms with Gasteiger partial charge in [-0.1, -0.05) is 6.08 Å². The van der Waals surface area contributed by atoms with E-state index in [0.717, 1.165) is 12.8 Å². The van der Waals surface area contributed by atoms with E-state index in [1.807, 2.05) is 0 Å². The Morgan fingerprint density at radius 2 is 2.05 bits per heavy atom. The van der Waals surface area contributed by atoms with Gasteiger partial charge in [0.05, 0.1) is 6.61 Å². The molecule has 1 saturated heterocycles. The number of nitrogens with one attached hydrogen (secondary N) is 1. The van der Waals surface area contributed by atoms with Gasteiger partial charge in [0.2, 0.25) is 0 Å². The fraction of sp³-hybridized carbons (Fsp3) is 0.692. The molecular weight excluding hydrogens is 248 g/mol. The molecule has 0 aromatic carbocycles. The number of likely N-dealkylation sites (tertiary alicyclic amines) is 1. The summed E-state index contributed by atoms with van der Waals surface area (Å²) in [6.45, 7) is 5.67. The highest BCUT2D eigenvalue weighted by Crippen LogP contribution is 2.11. The molecule has 0 aromatic heterocycles. The Balaban J connectivity index is 2.25. The van der Waals surface area contributed by atoms with Crippen molar-refractivity contribution in [3.8, 4) is 0 Å². The number of hydrogen-bond acceptors (Lipinski definition) is 4. The first-order valence-electron chi connectivity index (χ1n) is 6.59.